The molecule has 2 aromatic rings. The van der Waals surface area contributed by atoms with Crippen molar-refractivity contribution in [1.82, 2.24) is 10.3 Å². The van der Waals surface area contributed by atoms with Gasteiger partial charge in [-0.15, -0.1) is 11.3 Å². The van der Waals surface area contributed by atoms with E-state index in [9.17, 15) is 4.79 Å². The molecule has 0 spiro atoms. The van der Waals surface area contributed by atoms with Gasteiger partial charge in [0.1, 0.15) is 4.99 Å². The lowest BCUT2D eigenvalue weighted by atomic mass is 10.1. The summed E-state index contributed by atoms with van der Waals surface area (Å²) >= 11 is 6.46. The SMILES string of the molecule is Cc1ncc(CNC(=O)c2cccc(C(N)=S)c2)s1. The first kappa shape index (κ1) is 13.6. The molecule has 0 aliphatic carbocycles. The third kappa shape index (κ3) is 3.59. The zero-order valence-electron chi connectivity index (χ0n) is 10.3. The number of thiocarbonyl (C=S) groups is 1. The van der Waals surface area contributed by atoms with Crippen molar-refractivity contribution in [2.24, 2.45) is 5.73 Å². The molecule has 1 aromatic carbocycles. The Morgan fingerprint density at radius 3 is 2.84 bits per heavy atom. The van der Waals surface area contributed by atoms with Crippen LogP contribution in [0.3, 0.4) is 0 Å². The highest BCUT2D eigenvalue weighted by Crippen LogP contribution is 2.11. The first-order chi connectivity index (χ1) is 9.06. The Bertz CT molecular complexity index is 622. The Labute approximate surface area is 120 Å². The van der Waals surface area contributed by atoms with E-state index >= 15 is 0 Å². The summed E-state index contributed by atoms with van der Waals surface area (Å²) in [6, 6.07) is 6.97. The van der Waals surface area contributed by atoms with E-state index in [0.29, 0.717) is 17.7 Å². The molecule has 1 heterocycles. The Morgan fingerprint density at radius 1 is 1.47 bits per heavy atom. The van der Waals surface area contributed by atoms with Crippen molar-refractivity contribution in [3.05, 3.63) is 51.5 Å². The minimum atomic E-state index is -0.149. The Kier molecular flexibility index (Phi) is 4.24. The van der Waals surface area contributed by atoms with Crippen LogP contribution in [0.25, 0.3) is 0 Å². The maximum absolute atomic E-state index is 12.0. The average Bonchev–Trinajstić information content (AvgIpc) is 2.82. The van der Waals surface area contributed by atoms with Crippen LogP contribution in [-0.2, 0) is 6.54 Å². The highest BCUT2D eigenvalue weighted by molar-refractivity contribution is 7.80. The summed E-state index contributed by atoms with van der Waals surface area (Å²) in [6.45, 7) is 2.41. The smallest absolute Gasteiger partial charge is 0.251 e. The van der Waals surface area contributed by atoms with Crippen LogP contribution in [0.1, 0.15) is 25.8 Å². The molecule has 2 rings (SSSR count). The van der Waals surface area contributed by atoms with Gasteiger partial charge in [0, 0.05) is 22.2 Å². The fraction of sp³-hybridized carbons (Fsp3) is 0.154. The first-order valence-electron chi connectivity index (χ1n) is 5.65. The van der Waals surface area contributed by atoms with Crippen LogP contribution in [0.15, 0.2) is 30.5 Å². The fourth-order valence-electron chi connectivity index (χ4n) is 1.57. The molecule has 0 unspecified atom stereocenters. The molecule has 0 atom stereocenters. The van der Waals surface area contributed by atoms with E-state index in [1.807, 2.05) is 6.92 Å². The van der Waals surface area contributed by atoms with Crippen molar-refractivity contribution in [2.45, 2.75) is 13.5 Å². The van der Waals surface area contributed by atoms with Crippen molar-refractivity contribution < 1.29 is 4.79 Å². The molecular weight excluding hydrogens is 278 g/mol. The second kappa shape index (κ2) is 5.90. The lowest BCUT2D eigenvalue weighted by Gasteiger charge is -2.05. The van der Waals surface area contributed by atoms with E-state index in [0.717, 1.165) is 9.88 Å². The van der Waals surface area contributed by atoms with Crippen LogP contribution >= 0.6 is 23.6 Å². The second-order valence-electron chi connectivity index (χ2n) is 3.97. The fourth-order valence-corrected chi connectivity index (χ4v) is 2.43. The van der Waals surface area contributed by atoms with E-state index in [-0.39, 0.29) is 10.9 Å². The third-order valence-electron chi connectivity index (χ3n) is 2.50. The molecule has 1 amide bonds. The number of nitrogens with zero attached hydrogens (tertiary/aromatic N) is 1. The Morgan fingerprint density at radius 2 is 2.21 bits per heavy atom. The van der Waals surface area contributed by atoms with Crippen LogP contribution in [-0.4, -0.2) is 15.9 Å². The number of thiazole rings is 1. The van der Waals surface area contributed by atoms with Gasteiger partial charge in [-0.2, -0.15) is 0 Å². The first-order valence-corrected chi connectivity index (χ1v) is 6.88. The molecule has 0 aliphatic rings. The molecule has 19 heavy (non-hydrogen) atoms. The molecule has 0 fully saturated rings. The summed E-state index contributed by atoms with van der Waals surface area (Å²) in [5.41, 5.74) is 6.78. The van der Waals surface area contributed by atoms with Gasteiger partial charge in [-0.05, 0) is 19.1 Å². The zero-order chi connectivity index (χ0) is 13.8. The Balaban J connectivity index is 2.03. The number of amides is 1. The number of aryl methyl sites for hydroxylation is 1. The van der Waals surface area contributed by atoms with E-state index in [1.54, 1.807) is 41.8 Å². The number of carbonyl (C=O) groups is 1. The molecule has 98 valence electrons. The second-order valence-corrected chi connectivity index (χ2v) is 5.73. The predicted molar refractivity (Wildman–Crippen MR) is 80.4 cm³/mol. The molecule has 0 saturated heterocycles. The van der Waals surface area contributed by atoms with E-state index < -0.39 is 0 Å². The number of nitrogens with two attached hydrogens (primary N) is 1. The minimum absolute atomic E-state index is 0.149. The molecule has 0 aliphatic heterocycles. The van der Waals surface area contributed by atoms with Gasteiger partial charge in [0.05, 0.1) is 11.6 Å². The van der Waals surface area contributed by atoms with Crippen molar-refractivity contribution in [1.29, 1.82) is 0 Å². The summed E-state index contributed by atoms with van der Waals surface area (Å²) in [7, 11) is 0. The van der Waals surface area contributed by atoms with Gasteiger partial charge >= 0.3 is 0 Å². The van der Waals surface area contributed by atoms with Crippen molar-refractivity contribution in [2.75, 3.05) is 0 Å². The molecule has 0 saturated carbocycles. The summed E-state index contributed by atoms with van der Waals surface area (Å²) < 4.78 is 0. The van der Waals surface area contributed by atoms with Gasteiger partial charge in [0.25, 0.3) is 5.91 Å². The number of hydrogen-bond acceptors (Lipinski definition) is 4. The van der Waals surface area contributed by atoms with E-state index in [1.165, 1.54) is 0 Å². The number of carbonyl (C=O) groups excluding carboxylic acids is 1. The van der Waals surface area contributed by atoms with Crippen LogP contribution in [0.5, 0.6) is 0 Å². The Hall–Kier alpha value is -1.79. The van der Waals surface area contributed by atoms with Gasteiger partial charge in [-0.25, -0.2) is 4.98 Å². The molecule has 1 aromatic heterocycles. The molecule has 0 radical (unpaired) electrons. The van der Waals surface area contributed by atoms with Gasteiger partial charge in [0.15, 0.2) is 0 Å². The highest BCUT2D eigenvalue weighted by Gasteiger charge is 2.07. The number of aromatic nitrogens is 1. The number of hydrogen-bond donors (Lipinski definition) is 2. The van der Waals surface area contributed by atoms with Crippen LogP contribution in [0.4, 0.5) is 0 Å². The average molecular weight is 291 g/mol. The summed E-state index contributed by atoms with van der Waals surface area (Å²) in [5, 5.41) is 3.83. The largest absolute Gasteiger partial charge is 0.389 e. The molecule has 6 heteroatoms. The number of rotatable bonds is 4. The standard InChI is InChI=1S/C13H13N3OS2/c1-8-15-6-11(19-8)7-16-13(17)10-4-2-3-9(5-10)12(14)18/h2-6H,7H2,1H3,(H2,14,18)(H,16,17). The highest BCUT2D eigenvalue weighted by atomic mass is 32.1. The molecule has 4 nitrogen and oxygen atoms in total. The summed E-state index contributed by atoms with van der Waals surface area (Å²) in [4.78, 5) is 17.4. The maximum Gasteiger partial charge on any atom is 0.251 e. The lowest BCUT2D eigenvalue weighted by molar-refractivity contribution is 0.0951. The van der Waals surface area contributed by atoms with Gasteiger partial charge in [-0.3, -0.25) is 4.79 Å². The summed E-state index contributed by atoms with van der Waals surface area (Å²) in [6.07, 6.45) is 1.77. The van der Waals surface area contributed by atoms with Gasteiger partial charge < -0.3 is 11.1 Å². The number of benzene rings is 1. The topological polar surface area (TPSA) is 68.0 Å². The third-order valence-corrected chi connectivity index (χ3v) is 3.65. The maximum atomic E-state index is 12.0. The zero-order valence-corrected chi connectivity index (χ0v) is 12.0. The van der Waals surface area contributed by atoms with E-state index in [2.05, 4.69) is 10.3 Å². The van der Waals surface area contributed by atoms with Crippen molar-refractivity contribution >= 4 is 34.5 Å². The normalized spacial score (nSPS) is 10.2. The minimum Gasteiger partial charge on any atom is -0.389 e. The van der Waals surface area contributed by atoms with Crippen molar-refractivity contribution in [3.63, 3.8) is 0 Å². The molecule has 0 bridgehead atoms. The number of nitrogens with one attached hydrogen (secondary N) is 1. The molecule has 3 N–H and O–H groups in total. The van der Waals surface area contributed by atoms with Crippen molar-refractivity contribution in [3.8, 4) is 0 Å². The lowest BCUT2D eigenvalue weighted by Crippen LogP contribution is -2.22. The predicted octanol–water partition coefficient (Wildman–Crippen LogP) is 2.02. The summed E-state index contributed by atoms with van der Waals surface area (Å²) in [5.74, 6) is -0.149. The van der Waals surface area contributed by atoms with Crippen LogP contribution in [0.2, 0.25) is 0 Å². The quantitative estimate of drug-likeness (QED) is 0.846. The monoisotopic (exact) mass is 291 g/mol. The van der Waals surface area contributed by atoms with Crippen LogP contribution < -0.4 is 11.1 Å². The van der Waals surface area contributed by atoms with Gasteiger partial charge in [0.2, 0.25) is 0 Å². The van der Waals surface area contributed by atoms with Gasteiger partial charge in [-0.1, -0.05) is 24.4 Å². The molecular formula is C13H13N3OS2. The van der Waals surface area contributed by atoms with E-state index in [4.69, 9.17) is 18.0 Å². The van der Waals surface area contributed by atoms with Crippen LogP contribution in [0, 0.1) is 6.92 Å².